The van der Waals surface area contributed by atoms with Crippen molar-refractivity contribution in [1.29, 1.82) is 0 Å². The number of hydrogen-bond acceptors (Lipinski definition) is 5. The van der Waals surface area contributed by atoms with Gasteiger partial charge in [0.15, 0.2) is 5.82 Å². The van der Waals surface area contributed by atoms with Crippen LogP contribution in [0.1, 0.15) is 6.92 Å². The Bertz CT molecular complexity index is 594. The number of nitrogen functional groups attached to an aromatic ring is 1. The molecule has 1 aromatic rings. The van der Waals surface area contributed by atoms with Gasteiger partial charge in [-0.25, -0.2) is 17.5 Å². The fraction of sp³-hybridized carbons (Fsp3) is 0.455. The van der Waals surface area contributed by atoms with Crippen LogP contribution in [-0.4, -0.2) is 37.7 Å². The van der Waals surface area contributed by atoms with E-state index >= 15 is 0 Å². The first-order valence-corrected chi connectivity index (χ1v) is 8.80. The smallest absolute Gasteiger partial charge is 0.243 e. The molecule has 0 fully saturated rings. The van der Waals surface area contributed by atoms with Crippen LogP contribution in [0.2, 0.25) is 5.02 Å². The number of nitrogens with two attached hydrogens (primary N) is 1. The maximum atomic E-state index is 13.8. The average molecular weight is 343 g/mol. The van der Waals surface area contributed by atoms with E-state index < -0.39 is 26.3 Å². The van der Waals surface area contributed by atoms with Gasteiger partial charge in [0, 0.05) is 18.0 Å². The summed E-state index contributed by atoms with van der Waals surface area (Å²) in [7, 11) is -4.15. The van der Waals surface area contributed by atoms with Crippen LogP contribution in [0.5, 0.6) is 0 Å². The van der Waals surface area contributed by atoms with Crippen LogP contribution in [-0.2, 0) is 10.0 Å². The van der Waals surface area contributed by atoms with E-state index in [0.717, 1.165) is 12.1 Å². The van der Waals surface area contributed by atoms with E-state index in [4.69, 9.17) is 17.3 Å². The van der Waals surface area contributed by atoms with Crippen LogP contribution in [0.4, 0.5) is 10.1 Å². The molecule has 1 unspecified atom stereocenters. The topological polar surface area (TPSA) is 92.4 Å². The van der Waals surface area contributed by atoms with Gasteiger partial charge in [-0.2, -0.15) is 11.8 Å². The Morgan fingerprint density at radius 1 is 1.55 bits per heavy atom. The lowest BCUT2D eigenvalue weighted by molar-refractivity contribution is 0.0908. The van der Waals surface area contributed by atoms with Crippen molar-refractivity contribution in [2.45, 2.75) is 17.4 Å². The van der Waals surface area contributed by atoms with E-state index in [1.165, 1.54) is 18.7 Å². The third-order valence-electron chi connectivity index (χ3n) is 2.40. The van der Waals surface area contributed by atoms with Crippen LogP contribution in [0.25, 0.3) is 0 Å². The number of halogens is 2. The summed E-state index contributed by atoms with van der Waals surface area (Å²) < 4.78 is 40.0. The van der Waals surface area contributed by atoms with Crippen molar-refractivity contribution in [3.63, 3.8) is 0 Å². The van der Waals surface area contributed by atoms with Crippen molar-refractivity contribution in [1.82, 2.24) is 4.72 Å². The Morgan fingerprint density at radius 2 is 2.15 bits per heavy atom. The van der Waals surface area contributed by atoms with Gasteiger partial charge in [-0.05, 0) is 25.3 Å². The van der Waals surface area contributed by atoms with E-state index in [9.17, 15) is 17.9 Å². The molecule has 0 radical (unpaired) electrons. The molecule has 1 rings (SSSR count). The Kier molecular flexibility index (Phi) is 5.68. The van der Waals surface area contributed by atoms with Crippen LogP contribution in [0.3, 0.4) is 0 Å². The van der Waals surface area contributed by atoms with Crippen LogP contribution in [0, 0.1) is 5.82 Å². The van der Waals surface area contributed by atoms with Crippen molar-refractivity contribution in [2.24, 2.45) is 0 Å². The lowest BCUT2D eigenvalue weighted by Gasteiger charge is -2.22. The summed E-state index contributed by atoms with van der Waals surface area (Å²) in [6.45, 7) is 1.23. The molecule has 5 nitrogen and oxygen atoms in total. The zero-order chi connectivity index (χ0) is 15.6. The minimum atomic E-state index is -4.15. The predicted molar refractivity (Wildman–Crippen MR) is 80.0 cm³/mol. The maximum absolute atomic E-state index is 13.8. The highest BCUT2D eigenvalue weighted by Gasteiger charge is 2.26. The van der Waals surface area contributed by atoms with Gasteiger partial charge in [-0.1, -0.05) is 11.6 Å². The Hall–Kier alpha value is -0.540. The quantitative estimate of drug-likeness (QED) is 0.680. The van der Waals surface area contributed by atoms with Gasteiger partial charge >= 0.3 is 0 Å². The van der Waals surface area contributed by atoms with Crippen LogP contribution < -0.4 is 10.5 Å². The average Bonchev–Trinajstić information content (AvgIpc) is 2.31. The summed E-state index contributed by atoms with van der Waals surface area (Å²) in [5.41, 5.74) is 4.25. The van der Waals surface area contributed by atoms with Gasteiger partial charge in [0.2, 0.25) is 10.0 Å². The van der Waals surface area contributed by atoms with E-state index in [0.29, 0.717) is 5.75 Å². The SMILES string of the molecule is CSCC(C)(O)CNS(=O)(=O)c1cc(N)cc(Cl)c1F. The molecule has 1 aromatic carbocycles. The van der Waals surface area contributed by atoms with Gasteiger partial charge in [0.1, 0.15) is 4.90 Å². The van der Waals surface area contributed by atoms with Crippen molar-refractivity contribution in [3.05, 3.63) is 23.0 Å². The van der Waals surface area contributed by atoms with Gasteiger partial charge in [-0.15, -0.1) is 0 Å². The van der Waals surface area contributed by atoms with E-state index in [-0.39, 0.29) is 17.3 Å². The molecule has 0 aromatic heterocycles. The van der Waals surface area contributed by atoms with Crippen molar-refractivity contribution in [2.75, 3.05) is 24.3 Å². The standard InChI is InChI=1S/C11H16ClFN2O3S2/c1-11(16,6-19-2)5-15-20(17,18)9-4-7(14)3-8(12)10(9)13/h3-4,15-16H,5-6,14H2,1-2H3. The Morgan fingerprint density at radius 3 is 2.70 bits per heavy atom. The normalized spacial score (nSPS) is 15.1. The zero-order valence-electron chi connectivity index (χ0n) is 11.0. The molecule has 0 aliphatic heterocycles. The molecule has 0 spiro atoms. The predicted octanol–water partition coefficient (Wildman–Crippen LogP) is 1.45. The highest BCUT2D eigenvalue weighted by Crippen LogP contribution is 2.25. The number of sulfonamides is 1. The van der Waals surface area contributed by atoms with Crippen molar-refractivity contribution < 1.29 is 17.9 Å². The summed E-state index contributed by atoms with van der Waals surface area (Å²) in [5.74, 6) is -0.742. The number of anilines is 1. The maximum Gasteiger partial charge on any atom is 0.243 e. The lowest BCUT2D eigenvalue weighted by Crippen LogP contribution is -2.42. The second-order valence-electron chi connectivity index (χ2n) is 4.57. The van der Waals surface area contributed by atoms with Crippen molar-refractivity contribution >= 4 is 39.1 Å². The zero-order valence-corrected chi connectivity index (χ0v) is 13.4. The van der Waals surface area contributed by atoms with Crippen LogP contribution >= 0.6 is 23.4 Å². The number of hydrogen-bond donors (Lipinski definition) is 3. The largest absolute Gasteiger partial charge is 0.399 e. The first-order valence-electron chi connectivity index (χ1n) is 5.54. The van der Waals surface area contributed by atoms with Gasteiger partial charge < -0.3 is 10.8 Å². The first kappa shape index (κ1) is 17.5. The van der Waals surface area contributed by atoms with Crippen LogP contribution in [0.15, 0.2) is 17.0 Å². The molecule has 0 saturated heterocycles. The number of thioether (sulfide) groups is 1. The number of rotatable bonds is 6. The Balaban J connectivity index is 3.01. The summed E-state index contributed by atoms with van der Waals surface area (Å²) in [6.07, 6.45) is 1.78. The molecule has 0 aliphatic rings. The molecule has 0 saturated carbocycles. The van der Waals surface area contributed by atoms with Gasteiger partial charge in [0.25, 0.3) is 0 Å². The summed E-state index contributed by atoms with van der Waals surface area (Å²) >= 11 is 6.93. The highest BCUT2D eigenvalue weighted by molar-refractivity contribution is 7.98. The minimum absolute atomic E-state index is 0.0349. The van der Waals surface area contributed by atoms with Crippen molar-refractivity contribution in [3.8, 4) is 0 Å². The number of benzene rings is 1. The molecule has 0 bridgehead atoms. The van der Waals surface area contributed by atoms with Gasteiger partial charge in [-0.3, -0.25) is 0 Å². The molecule has 0 heterocycles. The molecule has 0 aliphatic carbocycles. The Labute approximate surface area is 126 Å². The van der Waals surface area contributed by atoms with E-state index in [1.807, 2.05) is 0 Å². The lowest BCUT2D eigenvalue weighted by atomic mass is 10.1. The monoisotopic (exact) mass is 342 g/mol. The third-order valence-corrected chi connectivity index (χ3v) is 4.99. The first-order chi connectivity index (χ1) is 9.09. The summed E-state index contributed by atoms with van der Waals surface area (Å²) in [4.78, 5) is -0.637. The third kappa shape index (κ3) is 4.49. The van der Waals surface area contributed by atoms with E-state index in [2.05, 4.69) is 4.72 Å². The molecular formula is C11H16ClFN2O3S2. The fourth-order valence-electron chi connectivity index (χ4n) is 1.47. The minimum Gasteiger partial charge on any atom is -0.399 e. The number of aliphatic hydroxyl groups is 1. The second kappa shape index (κ2) is 6.48. The fourth-order valence-corrected chi connectivity index (χ4v) is 3.77. The summed E-state index contributed by atoms with van der Waals surface area (Å²) in [5, 5.41) is 9.54. The molecule has 0 amide bonds. The molecular weight excluding hydrogens is 327 g/mol. The second-order valence-corrected chi connectivity index (χ2v) is 7.58. The molecule has 9 heteroatoms. The molecule has 1 atom stereocenters. The van der Waals surface area contributed by atoms with Gasteiger partial charge in [0.05, 0.1) is 10.6 Å². The molecule has 20 heavy (non-hydrogen) atoms. The number of nitrogens with one attached hydrogen (secondary N) is 1. The van der Waals surface area contributed by atoms with E-state index in [1.54, 1.807) is 6.26 Å². The highest BCUT2D eigenvalue weighted by atomic mass is 35.5. The molecule has 4 N–H and O–H groups in total. The molecule has 114 valence electrons. The summed E-state index contributed by atoms with van der Waals surface area (Å²) in [6, 6.07) is 2.10.